The van der Waals surface area contributed by atoms with Crippen molar-refractivity contribution in [1.82, 2.24) is 5.16 Å². The second-order valence-corrected chi connectivity index (χ2v) is 6.57. The molecule has 0 radical (unpaired) electrons. The molecule has 24 heavy (non-hydrogen) atoms. The Labute approximate surface area is 141 Å². The molecule has 0 N–H and O–H groups in total. The zero-order chi connectivity index (χ0) is 16.7. The second-order valence-electron chi connectivity index (χ2n) is 6.57. The molecule has 1 unspecified atom stereocenters. The number of fused-ring (bicyclic) bond motifs is 1. The van der Waals surface area contributed by atoms with Gasteiger partial charge in [0, 0.05) is 22.8 Å². The first-order valence-electron chi connectivity index (χ1n) is 8.21. The highest BCUT2D eigenvalue weighted by Crippen LogP contribution is 2.42. The maximum Gasteiger partial charge on any atom is 0.167 e. The fourth-order valence-electron chi connectivity index (χ4n) is 3.11. The summed E-state index contributed by atoms with van der Waals surface area (Å²) in [6.45, 7) is 6.40. The summed E-state index contributed by atoms with van der Waals surface area (Å²) in [5, 5.41) is 12.9. The first kappa shape index (κ1) is 14.8. The largest absolute Gasteiger partial charge is 0.356 e. The van der Waals surface area contributed by atoms with Gasteiger partial charge in [0.05, 0.1) is 5.69 Å². The summed E-state index contributed by atoms with van der Waals surface area (Å²) in [6, 6.07) is 16.5. The van der Waals surface area contributed by atoms with Crippen LogP contribution in [0.2, 0.25) is 0 Å². The van der Waals surface area contributed by atoms with E-state index in [1.54, 1.807) is 0 Å². The summed E-state index contributed by atoms with van der Waals surface area (Å²) in [4.78, 5) is 0. The first-order valence-corrected chi connectivity index (χ1v) is 8.21. The Morgan fingerprint density at radius 1 is 1.04 bits per heavy atom. The van der Waals surface area contributed by atoms with Crippen molar-refractivity contribution in [2.24, 2.45) is 16.1 Å². The van der Waals surface area contributed by atoms with Gasteiger partial charge in [0.15, 0.2) is 5.76 Å². The van der Waals surface area contributed by atoms with Gasteiger partial charge in [-0.3, -0.25) is 0 Å². The van der Waals surface area contributed by atoms with Crippen LogP contribution in [0.4, 0.5) is 5.69 Å². The number of hydrogen-bond donors (Lipinski definition) is 0. The third-order valence-corrected chi connectivity index (χ3v) is 4.49. The molecular formula is C20H19N3O. The molecule has 0 saturated carbocycles. The molecule has 0 saturated heterocycles. The van der Waals surface area contributed by atoms with Crippen LogP contribution in [0.15, 0.2) is 63.3 Å². The predicted molar refractivity (Wildman–Crippen MR) is 94.2 cm³/mol. The Kier molecular flexibility index (Phi) is 3.53. The van der Waals surface area contributed by atoms with Crippen molar-refractivity contribution in [3.63, 3.8) is 0 Å². The number of rotatable bonds is 3. The molecule has 0 aliphatic carbocycles. The molecule has 0 spiro atoms. The van der Waals surface area contributed by atoms with Crippen molar-refractivity contribution in [2.45, 2.75) is 26.8 Å². The number of benzene rings is 2. The van der Waals surface area contributed by atoms with Crippen molar-refractivity contribution in [3.8, 4) is 22.6 Å². The molecule has 0 amide bonds. The Bertz CT molecular complexity index is 924. The smallest absolute Gasteiger partial charge is 0.167 e. The molecule has 1 atom stereocenters. The fraction of sp³-hybridized carbons (Fsp3) is 0.250. The summed E-state index contributed by atoms with van der Waals surface area (Å²) >= 11 is 0. The van der Waals surface area contributed by atoms with E-state index in [1.807, 2.05) is 24.3 Å². The number of nitrogens with zero attached hydrogens (tertiary/aromatic N) is 3. The van der Waals surface area contributed by atoms with Crippen LogP contribution in [-0.4, -0.2) is 5.16 Å². The molecule has 1 aromatic heterocycles. The van der Waals surface area contributed by atoms with Gasteiger partial charge >= 0.3 is 0 Å². The van der Waals surface area contributed by atoms with Crippen LogP contribution < -0.4 is 0 Å². The zero-order valence-corrected chi connectivity index (χ0v) is 14.0. The molecule has 1 aliphatic heterocycles. The third kappa shape index (κ3) is 2.44. The van der Waals surface area contributed by atoms with Gasteiger partial charge in [0.25, 0.3) is 0 Å². The summed E-state index contributed by atoms with van der Waals surface area (Å²) in [6.07, 6.45) is 0. The molecule has 4 heteroatoms. The number of hydrogen-bond acceptors (Lipinski definition) is 4. The predicted octanol–water partition coefficient (Wildman–Crippen LogP) is 6.11. The molecular weight excluding hydrogens is 298 g/mol. The van der Waals surface area contributed by atoms with Gasteiger partial charge in [0.1, 0.15) is 11.7 Å². The highest BCUT2D eigenvalue weighted by Gasteiger charge is 2.24. The van der Waals surface area contributed by atoms with Crippen LogP contribution in [0, 0.1) is 12.8 Å². The van der Waals surface area contributed by atoms with E-state index < -0.39 is 0 Å². The molecule has 2 heterocycles. The summed E-state index contributed by atoms with van der Waals surface area (Å²) in [5.74, 6) is 1.19. The summed E-state index contributed by atoms with van der Waals surface area (Å²) in [7, 11) is 0. The SMILES string of the molecule is Cc1ccccc1-c1cc(-c2ccc3c(c2)N=NC3C(C)C)on1. The molecule has 4 rings (SSSR count). The normalized spacial score (nSPS) is 15.9. The number of azo groups is 1. The van der Waals surface area contributed by atoms with Crippen LogP contribution in [-0.2, 0) is 0 Å². The molecule has 4 nitrogen and oxygen atoms in total. The van der Waals surface area contributed by atoms with Gasteiger partial charge < -0.3 is 4.52 Å². The van der Waals surface area contributed by atoms with Crippen molar-refractivity contribution in [3.05, 3.63) is 59.7 Å². The van der Waals surface area contributed by atoms with E-state index in [4.69, 9.17) is 4.52 Å². The van der Waals surface area contributed by atoms with Crippen molar-refractivity contribution in [2.75, 3.05) is 0 Å². The van der Waals surface area contributed by atoms with Crippen LogP contribution in [0.1, 0.15) is 31.0 Å². The van der Waals surface area contributed by atoms with Crippen molar-refractivity contribution in [1.29, 1.82) is 0 Å². The van der Waals surface area contributed by atoms with Gasteiger partial charge in [-0.25, -0.2) is 0 Å². The molecule has 2 aromatic carbocycles. The van der Waals surface area contributed by atoms with Crippen LogP contribution >= 0.6 is 0 Å². The highest BCUT2D eigenvalue weighted by molar-refractivity contribution is 5.71. The van der Waals surface area contributed by atoms with E-state index in [-0.39, 0.29) is 6.04 Å². The van der Waals surface area contributed by atoms with Crippen molar-refractivity contribution >= 4 is 5.69 Å². The maximum absolute atomic E-state index is 5.57. The standard InChI is InChI=1S/C20H19N3O/c1-12(2)20-16-9-8-14(10-17(16)21-22-20)19-11-18(23-24-19)15-7-5-4-6-13(15)3/h4-12,20H,1-3H3. The van der Waals surface area contributed by atoms with Crippen molar-refractivity contribution < 1.29 is 4.52 Å². The van der Waals surface area contributed by atoms with E-state index in [1.165, 1.54) is 11.1 Å². The molecule has 120 valence electrons. The molecule has 0 bridgehead atoms. The Balaban J connectivity index is 1.69. The molecule has 3 aromatic rings. The van der Waals surface area contributed by atoms with Gasteiger partial charge in [-0.05, 0) is 24.5 Å². The second kappa shape index (κ2) is 5.71. The van der Waals surface area contributed by atoms with Gasteiger partial charge in [-0.1, -0.05) is 55.4 Å². The quantitative estimate of drug-likeness (QED) is 0.585. The summed E-state index contributed by atoms with van der Waals surface area (Å²) in [5.41, 5.74) is 6.22. The minimum atomic E-state index is 0.159. The van der Waals surface area contributed by atoms with E-state index in [0.717, 1.165) is 28.3 Å². The third-order valence-electron chi connectivity index (χ3n) is 4.49. The lowest BCUT2D eigenvalue weighted by molar-refractivity contribution is 0.435. The lowest BCUT2D eigenvalue weighted by Gasteiger charge is -2.11. The minimum Gasteiger partial charge on any atom is -0.356 e. The van der Waals surface area contributed by atoms with E-state index in [9.17, 15) is 0 Å². The van der Waals surface area contributed by atoms with Crippen LogP contribution in [0.25, 0.3) is 22.6 Å². The van der Waals surface area contributed by atoms with Gasteiger partial charge in [-0.15, -0.1) is 0 Å². The number of aromatic nitrogens is 1. The van der Waals surface area contributed by atoms with Gasteiger partial charge in [0.2, 0.25) is 0 Å². The lowest BCUT2D eigenvalue weighted by Crippen LogP contribution is -2.00. The van der Waals surface area contributed by atoms with Crippen LogP contribution in [0.5, 0.6) is 0 Å². The molecule has 1 aliphatic rings. The Hall–Kier alpha value is -2.75. The van der Waals surface area contributed by atoms with Gasteiger partial charge in [-0.2, -0.15) is 10.2 Å². The number of aryl methyl sites for hydroxylation is 1. The Morgan fingerprint density at radius 3 is 2.67 bits per heavy atom. The van der Waals surface area contributed by atoms with E-state index in [2.05, 4.69) is 60.4 Å². The highest BCUT2D eigenvalue weighted by atomic mass is 16.5. The maximum atomic E-state index is 5.57. The fourth-order valence-corrected chi connectivity index (χ4v) is 3.11. The lowest BCUT2D eigenvalue weighted by atomic mass is 9.95. The Morgan fingerprint density at radius 2 is 1.88 bits per heavy atom. The average Bonchev–Trinajstić information content (AvgIpc) is 3.21. The zero-order valence-electron chi connectivity index (χ0n) is 14.0. The van der Waals surface area contributed by atoms with E-state index in [0.29, 0.717) is 5.92 Å². The topological polar surface area (TPSA) is 50.8 Å². The van der Waals surface area contributed by atoms with E-state index >= 15 is 0 Å². The monoisotopic (exact) mass is 317 g/mol. The summed E-state index contributed by atoms with van der Waals surface area (Å²) < 4.78 is 5.57. The first-order chi connectivity index (χ1) is 11.6. The molecule has 0 fully saturated rings. The minimum absolute atomic E-state index is 0.159. The van der Waals surface area contributed by atoms with Crippen LogP contribution in [0.3, 0.4) is 0 Å². The average molecular weight is 317 g/mol.